The molecule has 0 atom stereocenters. The lowest BCUT2D eigenvalue weighted by Crippen LogP contribution is -2.20. The zero-order chi connectivity index (χ0) is 16.7. The van der Waals surface area contributed by atoms with Crippen molar-refractivity contribution in [2.75, 3.05) is 5.32 Å². The van der Waals surface area contributed by atoms with Gasteiger partial charge in [-0.15, -0.1) is 11.3 Å². The van der Waals surface area contributed by atoms with Gasteiger partial charge < -0.3 is 5.32 Å². The highest BCUT2D eigenvalue weighted by molar-refractivity contribution is 7.13. The van der Waals surface area contributed by atoms with Crippen molar-refractivity contribution in [2.45, 2.75) is 19.3 Å². The summed E-state index contributed by atoms with van der Waals surface area (Å²) in [7, 11) is 0. The lowest BCUT2D eigenvalue weighted by molar-refractivity contribution is -0.128. The molecule has 2 amide bonds. The molecule has 0 saturated heterocycles. The number of hydrogen-bond donors (Lipinski definition) is 3. The Hall–Kier alpha value is -2.58. The van der Waals surface area contributed by atoms with Crippen LogP contribution in [0.3, 0.4) is 0 Å². The Labute approximate surface area is 136 Å². The SMILES string of the molecule is O=C(Cc1csc(NC(=O)CCC(=O)c2ccccc2)n1)NO. The number of anilines is 1. The first-order chi connectivity index (χ1) is 11.1. The highest BCUT2D eigenvalue weighted by atomic mass is 32.1. The number of Topliss-reactive ketones (excluding diaryl/α,β-unsaturated/α-hetero) is 1. The number of benzene rings is 1. The molecule has 1 heterocycles. The van der Waals surface area contributed by atoms with Crippen molar-refractivity contribution in [3.63, 3.8) is 0 Å². The zero-order valence-corrected chi connectivity index (χ0v) is 12.9. The summed E-state index contributed by atoms with van der Waals surface area (Å²) in [5.41, 5.74) is 2.53. The van der Waals surface area contributed by atoms with Gasteiger partial charge in [-0.1, -0.05) is 30.3 Å². The van der Waals surface area contributed by atoms with Crippen LogP contribution in [0.4, 0.5) is 5.13 Å². The fourth-order valence-electron chi connectivity index (χ4n) is 1.83. The van der Waals surface area contributed by atoms with E-state index in [1.54, 1.807) is 29.6 Å². The highest BCUT2D eigenvalue weighted by Crippen LogP contribution is 2.16. The van der Waals surface area contributed by atoms with E-state index in [4.69, 9.17) is 5.21 Å². The molecule has 0 radical (unpaired) electrons. The van der Waals surface area contributed by atoms with Gasteiger partial charge in [-0.25, -0.2) is 10.5 Å². The molecule has 0 aliphatic heterocycles. The molecule has 120 valence electrons. The number of aromatic nitrogens is 1. The molecule has 0 aliphatic rings. The molecule has 0 unspecified atom stereocenters. The molecule has 8 heteroatoms. The van der Waals surface area contributed by atoms with E-state index in [0.29, 0.717) is 16.4 Å². The Morgan fingerprint density at radius 1 is 1.09 bits per heavy atom. The first-order valence-corrected chi connectivity index (χ1v) is 7.72. The average Bonchev–Trinajstić information content (AvgIpc) is 3.00. The second-order valence-electron chi connectivity index (χ2n) is 4.69. The summed E-state index contributed by atoms with van der Waals surface area (Å²) in [6.07, 6.45) is 0.0934. The van der Waals surface area contributed by atoms with Gasteiger partial charge in [-0.3, -0.25) is 19.6 Å². The van der Waals surface area contributed by atoms with E-state index in [1.807, 2.05) is 6.07 Å². The lowest BCUT2D eigenvalue weighted by Gasteiger charge is -2.02. The maximum Gasteiger partial charge on any atom is 0.249 e. The van der Waals surface area contributed by atoms with Gasteiger partial charge in [0.15, 0.2) is 10.9 Å². The van der Waals surface area contributed by atoms with Crippen LogP contribution in [0.1, 0.15) is 28.9 Å². The monoisotopic (exact) mass is 333 g/mol. The van der Waals surface area contributed by atoms with Crippen molar-refractivity contribution in [1.29, 1.82) is 0 Å². The summed E-state index contributed by atoms with van der Waals surface area (Å²) in [4.78, 5) is 38.8. The van der Waals surface area contributed by atoms with Crippen LogP contribution in [0.15, 0.2) is 35.7 Å². The van der Waals surface area contributed by atoms with Crippen molar-refractivity contribution in [2.24, 2.45) is 0 Å². The molecule has 1 aromatic heterocycles. The Balaban J connectivity index is 1.81. The molecule has 1 aromatic carbocycles. The molecule has 3 N–H and O–H groups in total. The number of thiazole rings is 1. The van der Waals surface area contributed by atoms with Crippen molar-refractivity contribution in [3.05, 3.63) is 47.0 Å². The van der Waals surface area contributed by atoms with Crippen LogP contribution in [-0.4, -0.2) is 27.8 Å². The third-order valence-electron chi connectivity index (χ3n) is 2.94. The fraction of sp³-hybridized carbons (Fsp3) is 0.200. The maximum atomic E-state index is 11.9. The molecule has 0 saturated carbocycles. The zero-order valence-electron chi connectivity index (χ0n) is 12.1. The Morgan fingerprint density at radius 3 is 2.52 bits per heavy atom. The van der Waals surface area contributed by atoms with Crippen molar-refractivity contribution in [1.82, 2.24) is 10.5 Å². The molecular formula is C15H15N3O4S. The predicted octanol–water partition coefficient (Wildman–Crippen LogP) is 1.79. The van der Waals surface area contributed by atoms with Crippen LogP contribution in [0.5, 0.6) is 0 Å². The van der Waals surface area contributed by atoms with E-state index in [2.05, 4.69) is 10.3 Å². The summed E-state index contributed by atoms with van der Waals surface area (Å²) in [5.74, 6) is -0.997. The average molecular weight is 333 g/mol. The van der Waals surface area contributed by atoms with Crippen LogP contribution in [0, 0.1) is 0 Å². The molecule has 2 aromatic rings. The summed E-state index contributed by atoms with van der Waals surface area (Å²) >= 11 is 1.17. The van der Waals surface area contributed by atoms with Gasteiger partial charge in [0.1, 0.15) is 0 Å². The summed E-state index contributed by atoms with van der Waals surface area (Å²) < 4.78 is 0. The molecule has 2 rings (SSSR count). The van der Waals surface area contributed by atoms with Crippen molar-refractivity contribution < 1.29 is 19.6 Å². The number of ketones is 1. The van der Waals surface area contributed by atoms with Gasteiger partial charge >= 0.3 is 0 Å². The van der Waals surface area contributed by atoms with Crippen LogP contribution < -0.4 is 10.8 Å². The van der Waals surface area contributed by atoms with Crippen LogP contribution in [0.25, 0.3) is 0 Å². The van der Waals surface area contributed by atoms with Crippen LogP contribution in [-0.2, 0) is 16.0 Å². The Bertz CT molecular complexity index is 700. The van der Waals surface area contributed by atoms with E-state index in [9.17, 15) is 14.4 Å². The Kier molecular flexibility index (Phi) is 5.95. The quantitative estimate of drug-likeness (QED) is 0.407. The van der Waals surface area contributed by atoms with Crippen molar-refractivity contribution >= 4 is 34.1 Å². The first-order valence-electron chi connectivity index (χ1n) is 6.84. The molecular weight excluding hydrogens is 318 g/mol. The third-order valence-corrected chi connectivity index (χ3v) is 3.75. The smallest absolute Gasteiger partial charge is 0.249 e. The number of carbonyl (C=O) groups excluding carboxylic acids is 3. The van der Waals surface area contributed by atoms with E-state index in [0.717, 1.165) is 0 Å². The molecule has 0 bridgehead atoms. The minimum Gasteiger partial charge on any atom is -0.302 e. The van der Waals surface area contributed by atoms with Gasteiger partial charge in [-0.05, 0) is 0 Å². The molecule has 23 heavy (non-hydrogen) atoms. The minimum absolute atomic E-state index is 0.0553. The highest BCUT2D eigenvalue weighted by Gasteiger charge is 2.12. The van der Waals surface area contributed by atoms with Gasteiger partial charge in [0.2, 0.25) is 11.8 Å². The lowest BCUT2D eigenvalue weighted by atomic mass is 10.1. The first kappa shape index (κ1) is 16.8. The second-order valence-corrected chi connectivity index (χ2v) is 5.55. The number of carbonyl (C=O) groups is 3. The largest absolute Gasteiger partial charge is 0.302 e. The molecule has 0 fully saturated rings. The summed E-state index contributed by atoms with van der Waals surface area (Å²) in [5, 5.41) is 13.0. The van der Waals surface area contributed by atoms with Gasteiger partial charge in [0.05, 0.1) is 12.1 Å². The number of nitrogens with zero attached hydrogens (tertiary/aromatic N) is 1. The van der Waals surface area contributed by atoms with E-state index < -0.39 is 5.91 Å². The second kappa shape index (κ2) is 8.16. The predicted molar refractivity (Wildman–Crippen MR) is 84.4 cm³/mol. The fourth-order valence-corrected chi connectivity index (χ4v) is 2.55. The van der Waals surface area contributed by atoms with E-state index in [-0.39, 0.29) is 31.0 Å². The molecule has 0 aliphatic carbocycles. The van der Waals surface area contributed by atoms with Gasteiger partial charge in [0.25, 0.3) is 0 Å². The van der Waals surface area contributed by atoms with Crippen LogP contribution in [0.2, 0.25) is 0 Å². The molecule has 7 nitrogen and oxygen atoms in total. The summed E-state index contributed by atoms with van der Waals surface area (Å²) in [6, 6.07) is 8.78. The van der Waals surface area contributed by atoms with Gasteiger partial charge in [-0.2, -0.15) is 0 Å². The third kappa shape index (κ3) is 5.28. The van der Waals surface area contributed by atoms with Gasteiger partial charge in [0, 0.05) is 23.8 Å². The van der Waals surface area contributed by atoms with Crippen LogP contribution >= 0.6 is 11.3 Å². The number of nitrogens with one attached hydrogen (secondary N) is 2. The number of hydroxylamine groups is 1. The van der Waals surface area contributed by atoms with E-state index >= 15 is 0 Å². The van der Waals surface area contributed by atoms with Crippen molar-refractivity contribution in [3.8, 4) is 0 Å². The standard InChI is InChI=1S/C15H15N3O4S/c19-12(10-4-2-1-3-5-10)6-7-13(20)17-15-16-11(9-23-15)8-14(21)18-22/h1-5,9,22H,6-8H2,(H,18,21)(H,16,17,20). The number of rotatable bonds is 7. The Morgan fingerprint density at radius 2 is 1.83 bits per heavy atom. The minimum atomic E-state index is -0.582. The van der Waals surface area contributed by atoms with E-state index in [1.165, 1.54) is 16.8 Å². The molecule has 0 spiro atoms. The maximum absolute atomic E-state index is 11.9. The number of amides is 2. The topological polar surface area (TPSA) is 108 Å². The normalized spacial score (nSPS) is 10.1. The number of hydrogen-bond acceptors (Lipinski definition) is 6. The summed E-state index contributed by atoms with van der Waals surface area (Å²) in [6.45, 7) is 0.